The van der Waals surface area contributed by atoms with Gasteiger partial charge in [-0.2, -0.15) is 0 Å². The third-order valence-electron chi connectivity index (χ3n) is 3.13. The maximum Gasteiger partial charge on any atom is 0.348 e. The maximum atomic E-state index is 11.6. The number of aromatic carboxylic acids is 1. The summed E-state index contributed by atoms with van der Waals surface area (Å²) in [6.07, 6.45) is 3.19. The fraction of sp³-hybridized carbons (Fsp3) is 0.0625. The zero-order valence-corrected chi connectivity index (χ0v) is 12.8. The number of ether oxygens (including phenoxy) is 2. The van der Waals surface area contributed by atoms with Crippen molar-refractivity contribution >= 4 is 33.4 Å². The summed E-state index contributed by atoms with van der Waals surface area (Å²) in [7, 11) is 1.33. The van der Waals surface area contributed by atoms with Crippen molar-refractivity contribution < 1.29 is 24.2 Å². The predicted molar refractivity (Wildman–Crippen MR) is 84.4 cm³/mol. The molecule has 0 atom stereocenters. The van der Waals surface area contributed by atoms with Crippen LogP contribution in [0.15, 0.2) is 42.7 Å². The zero-order valence-electron chi connectivity index (χ0n) is 12.0. The highest BCUT2D eigenvalue weighted by Gasteiger charge is 2.14. The Kier molecular flexibility index (Phi) is 3.94. The van der Waals surface area contributed by atoms with Gasteiger partial charge in [0, 0.05) is 11.6 Å². The molecule has 0 spiro atoms. The summed E-state index contributed by atoms with van der Waals surface area (Å²) < 4.78 is 11.3. The monoisotopic (exact) mass is 329 g/mol. The van der Waals surface area contributed by atoms with E-state index in [0.29, 0.717) is 16.4 Å². The van der Waals surface area contributed by atoms with Crippen molar-refractivity contribution in [1.82, 2.24) is 4.98 Å². The molecule has 0 bridgehead atoms. The van der Waals surface area contributed by atoms with Crippen LogP contribution >= 0.6 is 11.3 Å². The molecule has 2 aromatic heterocycles. The molecule has 0 radical (unpaired) electrons. The lowest BCUT2D eigenvalue weighted by molar-refractivity contribution is 0.0605. The van der Waals surface area contributed by atoms with Crippen LogP contribution in [0.4, 0.5) is 0 Å². The lowest BCUT2D eigenvalue weighted by Crippen LogP contribution is -1.96. The molecule has 0 aliphatic heterocycles. The fourth-order valence-corrected chi connectivity index (χ4v) is 2.97. The van der Waals surface area contributed by atoms with Crippen molar-refractivity contribution in [3.8, 4) is 11.5 Å². The van der Waals surface area contributed by atoms with E-state index in [-0.39, 0.29) is 5.56 Å². The molecule has 0 fully saturated rings. The Bertz CT molecular complexity index is 885. The number of methoxy groups -OCH3 is 1. The number of pyridine rings is 1. The van der Waals surface area contributed by atoms with Crippen LogP contribution in [0.1, 0.15) is 20.0 Å². The van der Waals surface area contributed by atoms with E-state index in [1.54, 1.807) is 30.6 Å². The smallest absolute Gasteiger partial charge is 0.348 e. The zero-order chi connectivity index (χ0) is 16.4. The largest absolute Gasteiger partial charge is 0.478 e. The summed E-state index contributed by atoms with van der Waals surface area (Å²) >= 11 is 1.27. The van der Waals surface area contributed by atoms with Crippen LogP contribution in [0, 0.1) is 0 Å². The van der Waals surface area contributed by atoms with Gasteiger partial charge in [0.15, 0.2) is 5.75 Å². The Labute approximate surface area is 134 Å². The minimum Gasteiger partial charge on any atom is -0.478 e. The van der Waals surface area contributed by atoms with Gasteiger partial charge in [-0.25, -0.2) is 9.59 Å². The summed E-state index contributed by atoms with van der Waals surface area (Å²) in [6, 6.07) is 7.73. The SMILES string of the molecule is COC(=O)c1cc2c(Oc3ccc(C(=O)O)cc3)cncc2s1. The van der Waals surface area contributed by atoms with Crippen molar-refractivity contribution in [2.75, 3.05) is 7.11 Å². The number of nitrogens with zero attached hydrogens (tertiary/aromatic N) is 1. The van der Waals surface area contributed by atoms with E-state index >= 15 is 0 Å². The number of fused-ring (bicyclic) bond motifs is 1. The number of carboxylic acids is 1. The molecule has 7 heteroatoms. The van der Waals surface area contributed by atoms with Gasteiger partial charge in [0.05, 0.1) is 23.6 Å². The van der Waals surface area contributed by atoms with Crippen LogP contribution in [0.5, 0.6) is 11.5 Å². The molecule has 0 saturated heterocycles. The van der Waals surface area contributed by atoms with Gasteiger partial charge in [0.25, 0.3) is 0 Å². The fourth-order valence-electron chi connectivity index (χ4n) is 2.01. The van der Waals surface area contributed by atoms with E-state index in [1.807, 2.05) is 0 Å². The first kappa shape index (κ1) is 15.0. The molecule has 0 aliphatic carbocycles. The van der Waals surface area contributed by atoms with Crippen molar-refractivity contribution in [2.45, 2.75) is 0 Å². The maximum absolute atomic E-state index is 11.6. The van der Waals surface area contributed by atoms with E-state index in [9.17, 15) is 9.59 Å². The molecule has 6 nitrogen and oxygen atoms in total. The molecule has 2 heterocycles. The van der Waals surface area contributed by atoms with Gasteiger partial charge in [0.2, 0.25) is 0 Å². The van der Waals surface area contributed by atoms with Gasteiger partial charge in [-0.3, -0.25) is 4.98 Å². The minimum atomic E-state index is -0.999. The Hall–Kier alpha value is -2.93. The van der Waals surface area contributed by atoms with Crippen LogP contribution in [0.2, 0.25) is 0 Å². The molecule has 116 valence electrons. The van der Waals surface area contributed by atoms with Gasteiger partial charge in [-0.1, -0.05) is 0 Å². The topological polar surface area (TPSA) is 85.7 Å². The molecule has 0 amide bonds. The van der Waals surface area contributed by atoms with E-state index in [0.717, 1.165) is 10.1 Å². The third-order valence-corrected chi connectivity index (χ3v) is 4.18. The standard InChI is InChI=1S/C16H11NO5S/c1-21-16(20)13-6-11-12(7-17-8-14(11)23-13)22-10-4-2-9(3-5-10)15(18)19/h2-8H,1H3,(H,18,19). The second kappa shape index (κ2) is 6.05. The Morgan fingerprint density at radius 2 is 1.91 bits per heavy atom. The van der Waals surface area contributed by atoms with Crippen molar-refractivity contribution in [1.29, 1.82) is 0 Å². The normalized spacial score (nSPS) is 10.5. The van der Waals surface area contributed by atoms with Crippen LogP contribution < -0.4 is 4.74 Å². The van der Waals surface area contributed by atoms with Crippen molar-refractivity contribution in [2.24, 2.45) is 0 Å². The Balaban J connectivity index is 1.94. The number of carbonyl (C=O) groups is 2. The van der Waals surface area contributed by atoms with E-state index < -0.39 is 11.9 Å². The third kappa shape index (κ3) is 3.00. The Morgan fingerprint density at radius 3 is 2.57 bits per heavy atom. The number of carboxylic acid groups (broad SMARTS) is 1. The predicted octanol–water partition coefficient (Wildman–Crippen LogP) is 3.57. The summed E-state index contributed by atoms with van der Waals surface area (Å²) in [5.41, 5.74) is 0.178. The molecular weight excluding hydrogens is 318 g/mol. The summed E-state index contributed by atoms with van der Waals surface area (Å²) in [5, 5.41) is 9.63. The first-order valence-electron chi connectivity index (χ1n) is 6.55. The minimum absolute atomic E-state index is 0.178. The lowest BCUT2D eigenvalue weighted by Gasteiger charge is -2.06. The average Bonchev–Trinajstić information content (AvgIpc) is 3.00. The summed E-state index contributed by atoms with van der Waals surface area (Å²) in [5.74, 6) is -0.448. The number of esters is 1. The first-order valence-corrected chi connectivity index (χ1v) is 7.37. The molecule has 0 saturated carbocycles. The number of aromatic nitrogens is 1. The number of hydrogen-bond donors (Lipinski definition) is 1. The Morgan fingerprint density at radius 1 is 1.17 bits per heavy atom. The number of hydrogen-bond acceptors (Lipinski definition) is 6. The second-order valence-electron chi connectivity index (χ2n) is 4.58. The van der Waals surface area contributed by atoms with Gasteiger partial charge in [-0.05, 0) is 30.3 Å². The highest BCUT2D eigenvalue weighted by atomic mass is 32.1. The molecule has 1 N–H and O–H groups in total. The molecule has 0 aliphatic rings. The van der Waals surface area contributed by atoms with E-state index in [1.165, 1.54) is 30.6 Å². The lowest BCUT2D eigenvalue weighted by atomic mass is 10.2. The number of carbonyl (C=O) groups excluding carboxylic acids is 1. The van der Waals surface area contributed by atoms with E-state index in [2.05, 4.69) is 4.98 Å². The van der Waals surface area contributed by atoms with Gasteiger partial charge < -0.3 is 14.6 Å². The second-order valence-corrected chi connectivity index (χ2v) is 5.67. The first-order chi connectivity index (χ1) is 11.1. The van der Waals surface area contributed by atoms with E-state index in [4.69, 9.17) is 14.6 Å². The molecule has 3 rings (SSSR count). The van der Waals surface area contributed by atoms with Crippen LogP contribution in [0.3, 0.4) is 0 Å². The molecule has 1 aromatic carbocycles. The quantitative estimate of drug-likeness (QED) is 0.736. The van der Waals surface area contributed by atoms with Gasteiger partial charge >= 0.3 is 11.9 Å². The van der Waals surface area contributed by atoms with Crippen molar-refractivity contribution in [3.63, 3.8) is 0 Å². The molecule has 23 heavy (non-hydrogen) atoms. The molecule has 0 unspecified atom stereocenters. The average molecular weight is 329 g/mol. The van der Waals surface area contributed by atoms with Gasteiger partial charge in [0.1, 0.15) is 10.6 Å². The molecule has 3 aromatic rings. The van der Waals surface area contributed by atoms with Gasteiger partial charge in [-0.15, -0.1) is 11.3 Å². The highest BCUT2D eigenvalue weighted by molar-refractivity contribution is 7.20. The van der Waals surface area contributed by atoms with Crippen LogP contribution in [-0.2, 0) is 4.74 Å². The molecular formula is C16H11NO5S. The van der Waals surface area contributed by atoms with Crippen LogP contribution in [0.25, 0.3) is 10.1 Å². The number of rotatable bonds is 4. The summed E-state index contributed by atoms with van der Waals surface area (Å²) in [6.45, 7) is 0. The van der Waals surface area contributed by atoms with Crippen molar-refractivity contribution in [3.05, 3.63) is 53.2 Å². The number of thiophene rings is 1. The number of benzene rings is 1. The van der Waals surface area contributed by atoms with Crippen LogP contribution in [-0.4, -0.2) is 29.1 Å². The summed E-state index contributed by atoms with van der Waals surface area (Å²) in [4.78, 5) is 27.0. The highest BCUT2D eigenvalue weighted by Crippen LogP contribution is 2.34.